The third kappa shape index (κ3) is 3.90. The first-order valence-electron chi connectivity index (χ1n) is 5.67. The van der Waals surface area contributed by atoms with Crippen LogP contribution in [0.25, 0.3) is 0 Å². The molecule has 92 valence electrons. The molecule has 0 radical (unpaired) electrons. The van der Waals surface area contributed by atoms with E-state index in [0.717, 1.165) is 12.0 Å². The Morgan fingerprint density at radius 1 is 1.29 bits per heavy atom. The highest BCUT2D eigenvalue weighted by Gasteiger charge is 2.10. The number of nitrogens with zero attached hydrogens (tertiary/aromatic N) is 1. The normalized spacial score (nSPS) is 9.76. The Balaban J connectivity index is 2.71. The van der Waals surface area contributed by atoms with Crippen molar-refractivity contribution in [3.63, 3.8) is 0 Å². The molecule has 0 aliphatic heterocycles. The Bertz CT molecular complexity index is 373. The zero-order valence-corrected chi connectivity index (χ0v) is 10.2. The molecule has 1 aromatic carbocycles. The fourth-order valence-electron chi connectivity index (χ4n) is 1.51. The second-order valence-electron chi connectivity index (χ2n) is 3.53. The maximum Gasteiger partial charge on any atom is 0.325 e. The Morgan fingerprint density at radius 3 is 2.41 bits per heavy atom. The topological polar surface area (TPSA) is 46.6 Å². The van der Waals surface area contributed by atoms with E-state index >= 15 is 0 Å². The van der Waals surface area contributed by atoms with E-state index in [1.807, 2.05) is 24.0 Å². The Hall–Kier alpha value is -1.84. The van der Waals surface area contributed by atoms with E-state index in [0.29, 0.717) is 18.7 Å². The molecule has 0 fully saturated rings. The van der Waals surface area contributed by atoms with Gasteiger partial charge >= 0.3 is 5.97 Å². The molecule has 0 amide bonds. The molecular formula is C13H17NO3. The molecule has 0 N–H and O–H groups in total. The van der Waals surface area contributed by atoms with Crippen LogP contribution in [-0.2, 0) is 9.53 Å². The van der Waals surface area contributed by atoms with Gasteiger partial charge in [-0.25, -0.2) is 0 Å². The second-order valence-corrected chi connectivity index (χ2v) is 3.53. The monoisotopic (exact) mass is 235 g/mol. The number of esters is 1. The van der Waals surface area contributed by atoms with Crippen LogP contribution in [0, 0.1) is 0 Å². The Morgan fingerprint density at radius 2 is 1.94 bits per heavy atom. The van der Waals surface area contributed by atoms with Gasteiger partial charge in [0.15, 0.2) is 0 Å². The van der Waals surface area contributed by atoms with Crippen LogP contribution in [0.3, 0.4) is 0 Å². The molecule has 0 spiro atoms. The van der Waals surface area contributed by atoms with E-state index in [2.05, 4.69) is 0 Å². The van der Waals surface area contributed by atoms with E-state index < -0.39 is 0 Å². The largest absolute Gasteiger partial charge is 0.465 e. The summed E-state index contributed by atoms with van der Waals surface area (Å²) in [6, 6.07) is 7.12. The van der Waals surface area contributed by atoms with Gasteiger partial charge in [-0.05, 0) is 38.1 Å². The van der Waals surface area contributed by atoms with Crippen molar-refractivity contribution in [1.82, 2.24) is 0 Å². The molecule has 0 atom stereocenters. The first-order valence-corrected chi connectivity index (χ1v) is 5.67. The van der Waals surface area contributed by atoms with Gasteiger partial charge in [-0.3, -0.25) is 9.59 Å². The van der Waals surface area contributed by atoms with Crippen molar-refractivity contribution in [2.45, 2.75) is 13.8 Å². The minimum atomic E-state index is -0.242. The summed E-state index contributed by atoms with van der Waals surface area (Å²) in [5, 5.41) is 0. The third-order valence-electron chi connectivity index (χ3n) is 2.40. The van der Waals surface area contributed by atoms with Gasteiger partial charge in [0.2, 0.25) is 0 Å². The van der Waals surface area contributed by atoms with Crippen molar-refractivity contribution >= 4 is 17.9 Å². The summed E-state index contributed by atoms with van der Waals surface area (Å²) in [5.74, 6) is -0.242. The highest BCUT2D eigenvalue weighted by Crippen LogP contribution is 2.14. The molecule has 0 unspecified atom stereocenters. The van der Waals surface area contributed by atoms with Gasteiger partial charge in [-0.2, -0.15) is 0 Å². The predicted octanol–water partition coefficient (Wildman–Crippen LogP) is 1.89. The quantitative estimate of drug-likeness (QED) is 0.558. The summed E-state index contributed by atoms with van der Waals surface area (Å²) >= 11 is 0. The van der Waals surface area contributed by atoms with Crippen LogP contribution in [0.4, 0.5) is 5.69 Å². The fourth-order valence-corrected chi connectivity index (χ4v) is 1.51. The van der Waals surface area contributed by atoms with Crippen molar-refractivity contribution < 1.29 is 14.3 Å². The van der Waals surface area contributed by atoms with Gasteiger partial charge in [0, 0.05) is 17.8 Å². The second kappa shape index (κ2) is 6.68. The van der Waals surface area contributed by atoms with Crippen molar-refractivity contribution in [3.8, 4) is 0 Å². The molecule has 0 saturated carbocycles. The molecule has 0 aliphatic carbocycles. The predicted molar refractivity (Wildman–Crippen MR) is 66.3 cm³/mol. The first kappa shape index (κ1) is 13.2. The smallest absolute Gasteiger partial charge is 0.325 e. The molecule has 0 saturated heterocycles. The summed E-state index contributed by atoms with van der Waals surface area (Å²) in [6.07, 6.45) is 0.797. The summed E-state index contributed by atoms with van der Waals surface area (Å²) < 4.78 is 4.90. The summed E-state index contributed by atoms with van der Waals surface area (Å²) in [5.41, 5.74) is 1.53. The highest BCUT2D eigenvalue weighted by atomic mass is 16.5. The molecule has 1 aromatic rings. The molecule has 0 bridgehead atoms. The van der Waals surface area contributed by atoms with Gasteiger partial charge in [0.1, 0.15) is 12.8 Å². The van der Waals surface area contributed by atoms with Gasteiger partial charge < -0.3 is 9.64 Å². The molecule has 4 nitrogen and oxygen atoms in total. The summed E-state index contributed by atoms with van der Waals surface area (Å²) in [4.78, 5) is 23.8. The van der Waals surface area contributed by atoms with Crippen molar-refractivity contribution in [2.24, 2.45) is 0 Å². The molecule has 1 rings (SSSR count). The van der Waals surface area contributed by atoms with E-state index in [1.165, 1.54) is 0 Å². The number of likely N-dealkylation sites (N-methyl/N-ethyl adjacent to an activating group) is 1. The minimum absolute atomic E-state index is 0.227. The number of carbonyl (C=O) groups is 2. The average Bonchev–Trinajstić information content (AvgIpc) is 2.36. The van der Waals surface area contributed by atoms with Crippen LogP contribution in [0.5, 0.6) is 0 Å². The van der Waals surface area contributed by atoms with Crippen LogP contribution in [0.2, 0.25) is 0 Å². The third-order valence-corrected chi connectivity index (χ3v) is 2.40. The number of carbonyl (C=O) groups excluding carboxylic acids is 2. The zero-order valence-electron chi connectivity index (χ0n) is 10.2. The van der Waals surface area contributed by atoms with Gasteiger partial charge in [-0.15, -0.1) is 0 Å². The summed E-state index contributed by atoms with van der Waals surface area (Å²) in [7, 11) is 0. The average molecular weight is 235 g/mol. The maximum absolute atomic E-state index is 11.4. The molecule has 4 heteroatoms. The Labute approximate surface area is 101 Å². The van der Waals surface area contributed by atoms with Gasteiger partial charge in [-0.1, -0.05) is 0 Å². The van der Waals surface area contributed by atoms with E-state index in [-0.39, 0.29) is 12.5 Å². The number of aldehydes is 1. The lowest BCUT2D eigenvalue weighted by molar-refractivity contribution is -0.141. The zero-order chi connectivity index (χ0) is 12.7. The summed E-state index contributed by atoms with van der Waals surface area (Å²) in [6.45, 7) is 5.07. The standard InChI is InChI=1S/C13H17NO3/c1-3-14(9-13(16)17-4-2)12-7-5-11(10-15)6-8-12/h5-8,10H,3-4,9H2,1-2H3. The lowest BCUT2D eigenvalue weighted by Crippen LogP contribution is -2.30. The van der Waals surface area contributed by atoms with Crippen LogP contribution < -0.4 is 4.90 Å². The number of ether oxygens (including phenoxy) is 1. The van der Waals surface area contributed by atoms with Gasteiger partial charge in [0.25, 0.3) is 0 Å². The lowest BCUT2D eigenvalue weighted by atomic mass is 10.2. The number of anilines is 1. The molecule has 0 heterocycles. The molecule has 17 heavy (non-hydrogen) atoms. The van der Waals surface area contributed by atoms with E-state index in [1.54, 1.807) is 19.1 Å². The maximum atomic E-state index is 11.4. The van der Waals surface area contributed by atoms with Crippen LogP contribution in [0.1, 0.15) is 24.2 Å². The molecular weight excluding hydrogens is 218 g/mol. The molecule has 0 aliphatic rings. The number of rotatable bonds is 6. The first-order chi connectivity index (χ1) is 8.21. The van der Waals surface area contributed by atoms with Crippen molar-refractivity contribution in [1.29, 1.82) is 0 Å². The van der Waals surface area contributed by atoms with Crippen LogP contribution in [-0.4, -0.2) is 32.0 Å². The fraction of sp³-hybridized carbons (Fsp3) is 0.385. The van der Waals surface area contributed by atoms with Crippen LogP contribution >= 0.6 is 0 Å². The van der Waals surface area contributed by atoms with E-state index in [4.69, 9.17) is 4.74 Å². The Kier molecular flexibility index (Phi) is 5.20. The minimum Gasteiger partial charge on any atom is -0.465 e. The number of hydrogen-bond acceptors (Lipinski definition) is 4. The number of hydrogen-bond donors (Lipinski definition) is 0. The molecule has 0 aromatic heterocycles. The number of benzene rings is 1. The SMILES string of the molecule is CCOC(=O)CN(CC)c1ccc(C=O)cc1. The highest BCUT2D eigenvalue weighted by molar-refractivity contribution is 5.78. The van der Waals surface area contributed by atoms with E-state index in [9.17, 15) is 9.59 Å². The lowest BCUT2D eigenvalue weighted by Gasteiger charge is -2.21. The van der Waals surface area contributed by atoms with Gasteiger partial charge in [0.05, 0.1) is 6.61 Å². The van der Waals surface area contributed by atoms with Crippen LogP contribution in [0.15, 0.2) is 24.3 Å². The van der Waals surface area contributed by atoms with Crippen molar-refractivity contribution in [3.05, 3.63) is 29.8 Å². The van der Waals surface area contributed by atoms with Crippen molar-refractivity contribution in [2.75, 3.05) is 24.6 Å².